The molecule has 0 aromatic carbocycles. The molecular weight excluding hydrogens is 341 g/mol. The highest BCUT2D eigenvalue weighted by atomic mass is 35.5. The lowest BCUT2D eigenvalue weighted by atomic mass is 10.2. The highest BCUT2D eigenvalue weighted by Crippen LogP contribution is 2.32. The van der Waals surface area contributed by atoms with E-state index >= 15 is 0 Å². The third-order valence-electron chi connectivity index (χ3n) is 3.58. The van der Waals surface area contributed by atoms with Gasteiger partial charge in [-0.3, -0.25) is 0 Å². The van der Waals surface area contributed by atoms with Gasteiger partial charge in [0, 0.05) is 26.2 Å². The van der Waals surface area contributed by atoms with E-state index in [9.17, 15) is 4.79 Å². The maximum absolute atomic E-state index is 12.1. The van der Waals surface area contributed by atoms with Gasteiger partial charge < -0.3 is 14.5 Å². The van der Waals surface area contributed by atoms with Gasteiger partial charge in [0.15, 0.2) is 11.0 Å². The Balaban J connectivity index is 1.64. The minimum Gasteiger partial charge on any atom is -0.444 e. The van der Waals surface area contributed by atoms with Crippen molar-refractivity contribution in [1.82, 2.24) is 20.1 Å². The molecular formula is C14H17Cl2N5O2. The summed E-state index contributed by atoms with van der Waals surface area (Å²) in [5.74, 6) is 0.518. The van der Waals surface area contributed by atoms with Gasteiger partial charge >= 0.3 is 6.09 Å². The predicted molar refractivity (Wildman–Crippen MR) is 86.9 cm³/mol. The molecule has 1 amide bonds. The van der Waals surface area contributed by atoms with Crippen molar-refractivity contribution in [3.8, 4) is 0 Å². The first-order valence-corrected chi connectivity index (χ1v) is 7.97. The zero-order chi connectivity index (χ0) is 16.8. The molecule has 0 unspecified atom stereocenters. The lowest BCUT2D eigenvalue weighted by Crippen LogP contribution is -2.38. The Morgan fingerprint density at radius 2 is 1.70 bits per heavy atom. The van der Waals surface area contributed by atoms with Crippen molar-refractivity contribution in [2.45, 2.75) is 26.4 Å². The molecule has 0 N–H and O–H groups in total. The molecule has 124 valence electrons. The van der Waals surface area contributed by atoms with Crippen LogP contribution in [0.1, 0.15) is 20.8 Å². The largest absolute Gasteiger partial charge is 0.444 e. The first-order chi connectivity index (χ1) is 10.7. The maximum atomic E-state index is 12.1. The Labute approximate surface area is 144 Å². The molecule has 1 aromatic rings. The molecule has 23 heavy (non-hydrogen) atoms. The van der Waals surface area contributed by atoms with E-state index in [-0.39, 0.29) is 16.5 Å². The molecule has 0 fully saturated rings. The summed E-state index contributed by atoms with van der Waals surface area (Å²) in [6.07, 6.45) is -0.289. The van der Waals surface area contributed by atoms with Gasteiger partial charge in [-0.15, -0.1) is 10.2 Å². The van der Waals surface area contributed by atoms with Crippen LogP contribution in [0.3, 0.4) is 0 Å². The van der Waals surface area contributed by atoms with Crippen LogP contribution in [0.5, 0.6) is 0 Å². The van der Waals surface area contributed by atoms with Crippen molar-refractivity contribution >= 4 is 35.1 Å². The molecule has 0 saturated carbocycles. The van der Waals surface area contributed by atoms with Crippen molar-refractivity contribution < 1.29 is 9.53 Å². The monoisotopic (exact) mass is 357 g/mol. The standard InChI is InChI=1S/C14H17Cl2N5O2/c1-14(2,3)23-13(22)21-6-8-4-20(5-9(8)7-21)11-10(15)18-19-12(16)17-11/h4-7H2,1-3H3. The molecule has 9 heteroatoms. The number of hydrogen-bond acceptors (Lipinski definition) is 6. The van der Waals surface area contributed by atoms with Gasteiger partial charge in [-0.1, -0.05) is 11.6 Å². The summed E-state index contributed by atoms with van der Waals surface area (Å²) in [6.45, 7) is 7.98. The van der Waals surface area contributed by atoms with Crippen molar-refractivity contribution in [3.63, 3.8) is 0 Å². The van der Waals surface area contributed by atoms with Gasteiger partial charge in [-0.2, -0.15) is 4.98 Å². The number of carbonyl (C=O) groups excluding carboxylic acids is 1. The average Bonchev–Trinajstić information content (AvgIpc) is 2.97. The number of halogens is 2. The Morgan fingerprint density at radius 3 is 2.26 bits per heavy atom. The highest BCUT2D eigenvalue weighted by molar-refractivity contribution is 6.32. The van der Waals surface area contributed by atoms with Crippen LogP contribution >= 0.6 is 23.2 Å². The summed E-state index contributed by atoms with van der Waals surface area (Å²) in [5.41, 5.74) is 1.87. The van der Waals surface area contributed by atoms with Crippen molar-refractivity contribution in [3.05, 3.63) is 21.6 Å². The van der Waals surface area contributed by atoms with Crippen LogP contribution < -0.4 is 4.90 Å². The van der Waals surface area contributed by atoms with E-state index in [1.54, 1.807) is 4.90 Å². The van der Waals surface area contributed by atoms with Crippen LogP contribution in [-0.2, 0) is 4.74 Å². The summed E-state index contributed by atoms with van der Waals surface area (Å²) in [7, 11) is 0. The highest BCUT2D eigenvalue weighted by Gasteiger charge is 2.35. The fourth-order valence-electron chi connectivity index (χ4n) is 2.67. The number of aromatic nitrogens is 3. The first-order valence-electron chi connectivity index (χ1n) is 7.21. The van der Waals surface area contributed by atoms with E-state index < -0.39 is 5.60 Å². The third kappa shape index (κ3) is 3.50. The molecule has 3 rings (SSSR count). The molecule has 0 spiro atoms. The fraction of sp³-hybridized carbons (Fsp3) is 0.571. The summed E-state index contributed by atoms with van der Waals surface area (Å²) in [5, 5.41) is 7.68. The zero-order valence-electron chi connectivity index (χ0n) is 13.1. The van der Waals surface area contributed by atoms with E-state index in [4.69, 9.17) is 27.9 Å². The number of hydrogen-bond donors (Lipinski definition) is 0. The number of amides is 1. The number of carbonyl (C=O) groups is 1. The molecule has 1 aromatic heterocycles. The number of nitrogens with zero attached hydrogens (tertiary/aromatic N) is 5. The molecule has 7 nitrogen and oxygen atoms in total. The Bertz CT molecular complexity index is 668. The van der Waals surface area contributed by atoms with Crippen molar-refractivity contribution in [2.24, 2.45) is 0 Å². The minimum atomic E-state index is -0.493. The van der Waals surface area contributed by atoms with Crippen LogP contribution in [0.15, 0.2) is 11.1 Å². The van der Waals surface area contributed by atoms with Gasteiger partial charge in [0.25, 0.3) is 0 Å². The number of anilines is 1. The maximum Gasteiger partial charge on any atom is 0.410 e. The second kappa shape index (κ2) is 5.79. The molecule has 0 aliphatic carbocycles. The lowest BCUT2D eigenvalue weighted by Gasteiger charge is -2.27. The van der Waals surface area contributed by atoms with Crippen LogP contribution in [0.25, 0.3) is 0 Å². The predicted octanol–water partition coefficient (Wildman–Crippen LogP) is 2.55. The SMILES string of the molecule is CC(C)(C)OC(=O)N1CC2=C(C1)CN(c1nc(Cl)nnc1Cl)C2. The summed E-state index contributed by atoms with van der Waals surface area (Å²) in [4.78, 5) is 20.0. The molecule has 3 heterocycles. The van der Waals surface area contributed by atoms with Crippen LogP contribution in [0, 0.1) is 0 Å². The van der Waals surface area contributed by atoms with Gasteiger partial charge in [-0.25, -0.2) is 4.79 Å². The second-order valence-corrected chi connectivity index (χ2v) is 7.29. The summed E-state index contributed by atoms with van der Waals surface area (Å²) >= 11 is 11.8. The molecule has 0 saturated heterocycles. The topological polar surface area (TPSA) is 71.5 Å². The van der Waals surface area contributed by atoms with E-state index in [0.717, 1.165) is 0 Å². The van der Waals surface area contributed by atoms with Crippen LogP contribution in [0.4, 0.5) is 10.6 Å². The van der Waals surface area contributed by atoms with E-state index in [2.05, 4.69) is 15.2 Å². The van der Waals surface area contributed by atoms with Gasteiger partial charge in [0.05, 0.1) is 0 Å². The fourth-order valence-corrected chi connectivity index (χ4v) is 2.99. The normalized spacial score (nSPS) is 17.8. The molecule has 0 radical (unpaired) electrons. The van der Waals surface area contributed by atoms with E-state index in [1.807, 2.05) is 25.7 Å². The van der Waals surface area contributed by atoms with Gasteiger partial charge in [0.1, 0.15) is 5.60 Å². The van der Waals surface area contributed by atoms with Gasteiger partial charge in [0.2, 0.25) is 5.28 Å². The van der Waals surface area contributed by atoms with E-state index in [1.165, 1.54) is 11.1 Å². The van der Waals surface area contributed by atoms with E-state index in [0.29, 0.717) is 32.0 Å². The van der Waals surface area contributed by atoms with Crippen molar-refractivity contribution in [2.75, 3.05) is 31.1 Å². The van der Waals surface area contributed by atoms with Crippen LogP contribution in [0.2, 0.25) is 10.4 Å². The van der Waals surface area contributed by atoms with Crippen LogP contribution in [-0.4, -0.2) is 58.0 Å². The quantitative estimate of drug-likeness (QED) is 0.719. The molecule has 0 bridgehead atoms. The Morgan fingerprint density at radius 1 is 1.09 bits per heavy atom. The van der Waals surface area contributed by atoms with Crippen molar-refractivity contribution in [1.29, 1.82) is 0 Å². The van der Waals surface area contributed by atoms with Gasteiger partial charge in [-0.05, 0) is 43.5 Å². The number of ether oxygens (including phenoxy) is 1. The Kier molecular flexibility index (Phi) is 4.10. The average molecular weight is 358 g/mol. The summed E-state index contributed by atoms with van der Waals surface area (Å²) in [6, 6.07) is 0. The zero-order valence-corrected chi connectivity index (χ0v) is 14.6. The smallest absolute Gasteiger partial charge is 0.410 e. The molecule has 2 aliphatic heterocycles. The second-order valence-electron chi connectivity index (χ2n) is 6.59. The lowest BCUT2D eigenvalue weighted by molar-refractivity contribution is 0.0297. The first kappa shape index (κ1) is 16.3. The Hall–Kier alpha value is -1.60. The third-order valence-corrected chi connectivity index (χ3v) is 3.99. The molecule has 2 aliphatic rings. The minimum absolute atomic E-state index is 0.0619. The summed E-state index contributed by atoms with van der Waals surface area (Å²) < 4.78 is 5.41. The number of rotatable bonds is 1. The molecule has 0 atom stereocenters.